The van der Waals surface area contributed by atoms with Crippen molar-refractivity contribution in [1.29, 1.82) is 0 Å². The molecular weight excluding hydrogens is 358 g/mol. The lowest BCUT2D eigenvalue weighted by atomic mass is 9.99. The molecule has 5 heteroatoms. The van der Waals surface area contributed by atoms with Crippen molar-refractivity contribution in [2.75, 3.05) is 6.73 Å². The molecule has 2 aromatic rings. The highest BCUT2D eigenvalue weighted by molar-refractivity contribution is 7.11. The molecule has 27 heavy (non-hydrogen) atoms. The van der Waals surface area contributed by atoms with Gasteiger partial charge in [-0.25, -0.2) is 0 Å². The van der Waals surface area contributed by atoms with Crippen molar-refractivity contribution in [1.82, 2.24) is 4.90 Å². The molecule has 3 aliphatic rings. The van der Waals surface area contributed by atoms with Crippen LogP contribution in [0.25, 0.3) is 6.08 Å². The number of aryl methyl sites for hydroxylation is 1. The van der Waals surface area contributed by atoms with Gasteiger partial charge in [-0.15, -0.1) is 11.3 Å². The van der Waals surface area contributed by atoms with E-state index in [0.29, 0.717) is 29.8 Å². The molecule has 0 saturated heterocycles. The van der Waals surface area contributed by atoms with Gasteiger partial charge in [0, 0.05) is 34.7 Å². The molecule has 0 bridgehead atoms. The Morgan fingerprint density at radius 2 is 2.04 bits per heavy atom. The van der Waals surface area contributed by atoms with Crippen LogP contribution in [0.1, 0.15) is 57.6 Å². The van der Waals surface area contributed by atoms with Crippen LogP contribution in [0, 0.1) is 13.8 Å². The molecule has 0 spiro atoms. The number of carbonyl (C=O) groups is 1. The van der Waals surface area contributed by atoms with E-state index in [0.717, 1.165) is 33.9 Å². The highest BCUT2D eigenvalue weighted by Gasteiger charge is 2.35. The van der Waals surface area contributed by atoms with E-state index in [1.165, 1.54) is 25.7 Å². The Bertz CT molecular complexity index is 953. The molecule has 0 unspecified atom stereocenters. The Morgan fingerprint density at radius 1 is 1.22 bits per heavy atom. The quantitative estimate of drug-likeness (QED) is 0.681. The van der Waals surface area contributed by atoms with Crippen LogP contribution in [0.4, 0.5) is 0 Å². The maximum Gasteiger partial charge on any atom is 0.232 e. The first kappa shape index (κ1) is 17.0. The van der Waals surface area contributed by atoms with Crippen LogP contribution in [0.2, 0.25) is 0 Å². The highest BCUT2D eigenvalue weighted by atomic mass is 32.1. The standard InChI is InChI=1S/C22H23NO3S/c1-13-7-8-27-19(13)10-18-20(24)17-9-15-11-23(16-5-3-4-6-16)12-25-21(15)14(2)22(17)26-18/h7-10,16H,3-6,11-12H2,1-2H3/b18-10-. The van der Waals surface area contributed by atoms with Gasteiger partial charge >= 0.3 is 0 Å². The van der Waals surface area contributed by atoms with Gasteiger partial charge in [-0.05, 0) is 49.8 Å². The monoisotopic (exact) mass is 381 g/mol. The number of Topliss-reactive ketones (excluding diaryl/α,β-unsaturated/α-hetero) is 1. The Morgan fingerprint density at radius 3 is 2.78 bits per heavy atom. The SMILES string of the molecule is Cc1ccsc1/C=C1\Oc2c(cc3c(c2C)OCN(C2CCCC2)C3)C1=O. The summed E-state index contributed by atoms with van der Waals surface area (Å²) in [6.45, 7) is 5.52. The maximum atomic E-state index is 13.0. The number of benzene rings is 1. The second kappa shape index (κ2) is 6.50. The molecule has 0 radical (unpaired) electrons. The summed E-state index contributed by atoms with van der Waals surface area (Å²) in [4.78, 5) is 16.4. The zero-order chi connectivity index (χ0) is 18.5. The van der Waals surface area contributed by atoms with Crippen LogP contribution in [-0.2, 0) is 6.54 Å². The van der Waals surface area contributed by atoms with E-state index in [-0.39, 0.29) is 5.78 Å². The van der Waals surface area contributed by atoms with E-state index in [4.69, 9.17) is 9.47 Å². The Hall–Kier alpha value is -2.11. The molecule has 1 aromatic heterocycles. The normalized spacial score (nSPS) is 21.3. The number of carbonyl (C=O) groups excluding carboxylic acids is 1. The van der Waals surface area contributed by atoms with Crippen LogP contribution < -0.4 is 9.47 Å². The van der Waals surface area contributed by atoms with Gasteiger partial charge in [-0.3, -0.25) is 9.69 Å². The molecule has 2 aliphatic heterocycles. The minimum absolute atomic E-state index is 0.0262. The van der Waals surface area contributed by atoms with Crippen LogP contribution in [0.15, 0.2) is 23.3 Å². The number of hydrogen-bond acceptors (Lipinski definition) is 5. The summed E-state index contributed by atoms with van der Waals surface area (Å²) in [5, 5.41) is 2.03. The van der Waals surface area contributed by atoms with Gasteiger partial charge in [0.25, 0.3) is 0 Å². The van der Waals surface area contributed by atoms with Crippen molar-refractivity contribution in [2.24, 2.45) is 0 Å². The fraction of sp³-hybridized carbons (Fsp3) is 0.409. The molecule has 4 nitrogen and oxygen atoms in total. The Kier molecular flexibility index (Phi) is 4.10. The number of nitrogens with zero attached hydrogens (tertiary/aromatic N) is 1. The lowest BCUT2D eigenvalue weighted by Crippen LogP contribution is -2.39. The average Bonchev–Trinajstić information content (AvgIpc) is 3.39. The topological polar surface area (TPSA) is 38.8 Å². The summed E-state index contributed by atoms with van der Waals surface area (Å²) in [6, 6.07) is 4.65. The molecule has 1 aliphatic carbocycles. The fourth-order valence-corrected chi connectivity index (χ4v) is 5.27. The fourth-order valence-electron chi connectivity index (χ4n) is 4.42. The number of ether oxygens (including phenoxy) is 2. The first-order chi connectivity index (χ1) is 13.1. The summed E-state index contributed by atoms with van der Waals surface area (Å²) in [7, 11) is 0. The van der Waals surface area contributed by atoms with Crippen molar-refractivity contribution in [3.8, 4) is 11.5 Å². The number of thiophene rings is 1. The average molecular weight is 381 g/mol. The largest absolute Gasteiger partial charge is 0.477 e. The third-order valence-electron chi connectivity index (χ3n) is 5.97. The Labute approximate surface area is 163 Å². The third kappa shape index (κ3) is 2.80. The summed E-state index contributed by atoms with van der Waals surface area (Å²) in [5.41, 5.74) is 3.87. The van der Waals surface area contributed by atoms with E-state index in [1.807, 2.05) is 31.4 Å². The molecule has 0 atom stereocenters. The molecule has 3 heterocycles. The summed E-state index contributed by atoms with van der Waals surface area (Å²) < 4.78 is 12.1. The number of rotatable bonds is 2. The van der Waals surface area contributed by atoms with Gasteiger partial charge in [-0.1, -0.05) is 12.8 Å². The highest BCUT2D eigenvalue weighted by Crippen LogP contribution is 2.44. The zero-order valence-electron chi connectivity index (χ0n) is 15.7. The van der Waals surface area contributed by atoms with Crippen molar-refractivity contribution in [3.05, 3.63) is 50.4 Å². The van der Waals surface area contributed by atoms with Crippen LogP contribution >= 0.6 is 11.3 Å². The second-order valence-corrected chi connectivity index (χ2v) is 8.68. The van der Waals surface area contributed by atoms with E-state index in [2.05, 4.69) is 11.0 Å². The number of fused-ring (bicyclic) bond motifs is 2. The molecule has 140 valence electrons. The van der Waals surface area contributed by atoms with E-state index in [9.17, 15) is 4.79 Å². The first-order valence-corrected chi connectivity index (χ1v) is 10.5. The molecule has 1 aromatic carbocycles. The third-order valence-corrected chi connectivity index (χ3v) is 6.94. The number of allylic oxidation sites excluding steroid dienone is 1. The van der Waals surface area contributed by atoms with E-state index < -0.39 is 0 Å². The van der Waals surface area contributed by atoms with E-state index in [1.54, 1.807) is 11.3 Å². The number of ketones is 1. The molecular formula is C22H23NO3S. The maximum absolute atomic E-state index is 13.0. The zero-order valence-corrected chi connectivity index (χ0v) is 16.5. The van der Waals surface area contributed by atoms with Crippen molar-refractivity contribution in [3.63, 3.8) is 0 Å². The van der Waals surface area contributed by atoms with Crippen LogP contribution in [0.3, 0.4) is 0 Å². The first-order valence-electron chi connectivity index (χ1n) is 9.63. The lowest BCUT2D eigenvalue weighted by molar-refractivity contribution is 0.0570. The molecule has 5 rings (SSSR count). The molecule has 0 amide bonds. The molecule has 1 saturated carbocycles. The van der Waals surface area contributed by atoms with Gasteiger partial charge in [0.1, 0.15) is 18.2 Å². The smallest absolute Gasteiger partial charge is 0.232 e. The van der Waals surface area contributed by atoms with Gasteiger partial charge < -0.3 is 9.47 Å². The summed E-state index contributed by atoms with van der Waals surface area (Å²) in [6.07, 6.45) is 6.97. The summed E-state index contributed by atoms with van der Waals surface area (Å²) >= 11 is 1.62. The van der Waals surface area contributed by atoms with Gasteiger partial charge in [0.05, 0.1) is 5.56 Å². The number of hydrogen-bond donors (Lipinski definition) is 0. The summed E-state index contributed by atoms with van der Waals surface area (Å²) in [5.74, 6) is 1.94. The van der Waals surface area contributed by atoms with Crippen LogP contribution in [-0.4, -0.2) is 23.5 Å². The van der Waals surface area contributed by atoms with Crippen molar-refractivity contribution in [2.45, 2.75) is 52.1 Å². The molecule has 1 fully saturated rings. The van der Waals surface area contributed by atoms with Gasteiger partial charge in [-0.2, -0.15) is 0 Å². The lowest BCUT2D eigenvalue weighted by Gasteiger charge is -2.34. The van der Waals surface area contributed by atoms with E-state index >= 15 is 0 Å². The minimum Gasteiger partial charge on any atom is -0.477 e. The molecule has 0 N–H and O–H groups in total. The van der Waals surface area contributed by atoms with Crippen LogP contribution in [0.5, 0.6) is 11.5 Å². The van der Waals surface area contributed by atoms with Crippen molar-refractivity contribution < 1.29 is 14.3 Å². The van der Waals surface area contributed by atoms with Crippen molar-refractivity contribution >= 4 is 23.2 Å². The second-order valence-electron chi connectivity index (χ2n) is 7.73. The predicted molar refractivity (Wildman–Crippen MR) is 106 cm³/mol. The Balaban J connectivity index is 1.49. The van der Waals surface area contributed by atoms with Gasteiger partial charge in [0.2, 0.25) is 5.78 Å². The minimum atomic E-state index is -0.0262. The predicted octanol–water partition coefficient (Wildman–Crippen LogP) is 5.08. The van der Waals surface area contributed by atoms with Gasteiger partial charge in [0.15, 0.2) is 5.76 Å².